The van der Waals surface area contributed by atoms with E-state index >= 15 is 0 Å². The van der Waals surface area contributed by atoms with Gasteiger partial charge in [0.25, 0.3) is 5.91 Å². The van der Waals surface area contributed by atoms with Crippen molar-refractivity contribution in [2.45, 2.75) is 51.2 Å². The number of hydrogen-bond donors (Lipinski definition) is 1. The van der Waals surface area contributed by atoms with Gasteiger partial charge in [-0.2, -0.15) is 0 Å². The van der Waals surface area contributed by atoms with Crippen LogP contribution in [0.25, 0.3) is 10.9 Å². The van der Waals surface area contributed by atoms with E-state index in [1.807, 2.05) is 6.07 Å². The number of hydrogen-bond acceptors (Lipinski definition) is 3. The average molecular weight is 342 g/mol. The van der Waals surface area contributed by atoms with Crippen molar-refractivity contribution in [1.29, 1.82) is 0 Å². The van der Waals surface area contributed by atoms with Gasteiger partial charge >= 0.3 is 0 Å². The van der Waals surface area contributed by atoms with E-state index in [1.54, 1.807) is 7.11 Å². The average Bonchev–Trinajstić information content (AvgIpc) is 3.35. The first-order valence-corrected chi connectivity index (χ1v) is 9.24. The predicted molar refractivity (Wildman–Crippen MR) is 97.0 cm³/mol. The lowest BCUT2D eigenvalue weighted by atomic mass is 10.0. The van der Waals surface area contributed by atoms with Crippen LogP contribution in [0.15, 0.2) is 18.2 Å². The van der Waals surface area contributed by atoms with E-state index in [0.717, 1.165) is 56.5 Å². The van der Waals surface area contributed by atoms with E-state index in [2.05, 4.69) is 28.9 Å². The van der Waals surface area contributed by atoms with Gasteiger partial charge in [-0.3, -0.25) is 4.79 Å². The number of likely N-dealkylation sites (tertiary alicyclic amines) is 1. The summed E-state index contributed by atoms with van der Waals surface area (Å²) in [6.07, 6.45) is 4.67. The Morgan fingerprint density at radius 2 is 2.24 bits per heavy atom. The highest BCUT2D eigenvalue weighted by Crippen LogP contribution is 2.31. The molecule has 2 fully saturated rings. The molecule has 1 amide bonds. The highest BCUT2D eigenvalue weighted by atomic mass is 16.5. The molecule has 2 saturated heterocycles. The van der Waals surface area contributed by atoms with Gasteiger partial charge in [-0.1, -0.05) is 0 Å². The molecule has 1 aromatic carbocycles. The first-order chi connectivity index (χ1) is 12.2. The van der Waals surface area contributed by atoms with Crippen LogP contribution in [-0.2, 0) is 16.0 Å². The van der Waals surface area contributed by atoms with Gasteiger partial charge in [0, 0.05) is 35.8 Å². The van der Waals surface area contributed by atoms with Crippen molar-refractivity contribution in [1.82, 2.24) is 9.88 Å². The fraction of sp³-hybridized carbons (Fsp3) is 0.550. The molecule has 0 aliphatic carbocycles. The summed E-state index contributed by atoms with van der Waals surface area (Å²) in [5, 5.41) is 1.20. The Balaban J connectivity index is 1.59. The van der Waals surface area contributed by atoms with Crippen LogP contribution in [-0.4, -0.2) is 48.2 Å². The molecule has 0 saturated carbocycles. The Morgan fingerprint density at radius 3 is 3.00 bits per heavy atom. The Morgan fingerprint density at radius 1 is 1.36 bits per heavy atom. The Hall–Kier alpha value is -2.01. The van der Waals surface area contributed by atoms with Crippen molar-refractivity contribution in [3.8, 4) is 5.75 Å². The number of aromatic amines is 1. The summed E-state index contributed by atoms with van der Waals surface area (Å²) < 4.78 is 11.0. The monoisotopic (exact) mass is 342 g/mol. The highest BCUT2D eigenvalue weighted by molar-refractivity contribution is 5.86. The Kier molecular flexibility index (Phi) is 4.42. The van der Waals surface area contributed by atoms with E-state index in [1.165, 1.54) is 16.6 Å². The predicted octanol–water partition coefficient (Wildman–Crippen LogP) is 3.20. The molecule has 5 nitrogen and oxygen atoms in total. The van der Waals surface area contributed by atoms with Gasteiger partial charge in [-0.05, 0) is 62.8 Å². The number of amides is 1. The largest absolute Gasteiger partial charge is 0.497 e. The van der Waals surface area contributed by atoms with Crippen molar-refractivity contribution in [3.63, 3.8) is 0 Å². The van der Waals surface area contributed by atoms with Crippen molar-refractivity contribution in [2.24, 2.45) is 0 Å². The molecule has 0 spiro atoms. The number of aromatic nitrogens is 1. The lowest BCUT2D eigenvalue weighted by Crippen LogP contribution is -2.42. The second-order valence-electron chi connectivity index (χ2n) is 7.17. The zero-order valence-electron chi connectivity index (χ0n) is 15.0. The van der Waals surface area contributed by atoms with Gasteiger partial charge in [-0.15, -0.1) is 0 Å². The third-order valence-electron chi connectivity index (χ3n) is 5.63. The Labute approximate surface area is 148 Å². The molecule has 25 heavy (non-hydrogen) atoms. The molecule has 2 aliphatic rings. The zero-order chi connectivity index (χ0) is 17.4. The smallest absolute Gasteiger partial charge is 0.251 e. The maximum Gasteiger partial charge on any atom is 0.251 e. The molecular weight excluding hydrogens is 316 g/mol. The first kappa shape index (κ1) is 16.5. The molecule has 2 unspecified atom stereocenters. The molecule has 5 heteroatoms. The highest BCUT2D eigenvalue weighted by Gasteiger charge is 2.35. The number of nitrogens with zero attached hydrogens (tertiary/aromatic N) is 1. The van der Waals surface area contributed by atoms with Crippen LogP contribution in [0.2, 0.25) is 0 Å². The van der Waals surface area contributed by atoms with Crippen molar-refractivity contribution >= 4 is 16.8 Å². The van der Waals surface area contributed by atoms with E-state index in [0.29, 0.717) is 0 Å². The number of methoxy groups -OCH3 is 1. The van der Waals surface area contributed by atoms with Crippen LogP contribution in [0.1, 0.15) is 36.9 Å². The topological polar surface area (TPSA) is 54.6 Å². The van der Waals surface area contributed by atoms with E-state index < -0.39 is 0 Å². The van der Waals surface area contributed by atoms with Crippen LogP contribution in [0, 0.1) is 6.92 Å². The number of fused-ring (bicyclic) bond motifs is 1. The number of nitrogens with one attached hydrogen (secondary N) is 1. The van der Waals surface area contributed by atoms with Crippen molar-refractivity contribution in [2.75, 3.05) is 20.3 Å². The van der Waals surface area contributed by atoms with Crippen LogP contribution in [0.5, 0.6) is 5.75 Å². The number of rotatable bonds is 4. The molecule has 3 heterocycles. The molecule has 2 aliphatic heterocycles. The summed E-state index contributed by atoms with van der Waals surface area (Å²) in [6, 6.07) is 6.40. The van der Waals surface area contributed by atoms with Crippen molar-refractivity contribution < 1.29 is 14.3 Å². The lowest BCUT2D eigenvalue weighted by molar-refractivity contribution is -0.141. The summed E-state index contributed by atoms with van der Waals surface area (Å²) in [6.45, 7) is 3.69. The molecule has 0 bridgehead atoms. The molecule has 4 rings (SSSR count). The minimum Gasteiger partial charge on any atom is -0.497 e. The van der Waals surface area contributed by atoms with E-state index in [9.17, 15) is 4.79 Å². The third-order valence-corrected chi connectivity index (χ3v) is 5.63. The van der Waals surface area contributed by atoms with Crippen LogP contribution in [0.4, 0.5) is 0 Å². The number of carbonyl (C=O) groups excluding carboxylic acids is 1. The summed E-state index contributed by atoms with van der Waals surface area (Å²) in [7, 11) is 1.69. The standard InChI is InChI=1S/C20H26N2O3/c1-13-16(17-12-15(24-2)7-8-18(17)21-13)11-14-5-3-9-22(14)20(23)19-6-4-10-25-19/h7-8,12,14,19,21H,3-6,9-11H2,1-2H3. The quantitative estimate of drug-likeness (QED) is 0.928. The second kappa shape index (κ2) is 6.71. The van der Waals surface area contributed by atoms with E-state index in [-0.39, 0.29) is 18.1 Å². The minimum absolute atomic E-state index is 0.190. The summed E-state index contributed by atoms with van der Waals surface area (Å²) >= 11 is 0. The van der Waals surface area contributed by atoms with Gasteiger partial charge in [0.05, 0.1) is 7.11 Å². The zero-order valence-corrected chi connectivity index (χ0v) is 15.0. The number of benzene rings is 1. The van der Waals surface area contributed by atoms with Gasteiger partial charge in [0.2, 0.25) is 0 Å². The maximum absolute atomic E-state index is 12.8. The van der Waals surface area contributed by atoms with Gasteiger partial charge in [-0.25, -0.2) is 0 Å². The number of carbonyl (C=O) groups is 1. The first-order valence-electron chi connectivity index (χ1n) is 9.24. The summed E-state index contributed by atoms with van der Waals surface area (Å²) in [5.41, 5.74) is 3.61. The number of ether oxygens (including phenoxy) is 2. The third kappa shape index (κ3) is 3.01. The molecule has 1 aromatic heterocycles. The molecule has 1 N–H and O–H groups in total. The molecule has 134 valence electrons. The number of aryl methyl sites for hydroxylation is 1. The van der Waals surface area contributed by atoms with Crippen molar-refractivity contribution in [3.05, 3.63) is 29.5 Å². The molecule has 0 radical (unpaired) electrons. The second-order valence-corrected chi connectivity index (χ2v) is 7.17. The normalized spacial score (nSPS) is 23.5. The molecule has 2 aromatic rings. The summed E-state index contributed by atoms with van der Waals surface area (Å²) in [5.74, 6) is 1.06. The summed E-state index contributed by atoms with van der Waals surface area (Å²) in [4.78, 5) is 18.3. The van der Waals surface area contributed by atoms with E-state index in [4.69, 9.17) is 9.47 Å². The number of H-pyrrole nitrogens is 1. The van der Waals surface area contributed by atoms with Crippen LogP contribution < -0.4 is 4.74 Å². The fourth-order valence-electron chi connectivity index (χ4n) is 4.28. The maximum atomic E-state index is 12.8. The van der Waals surface area contributed by atoms with Gasteiger partial charge in [0.15, 0.2) is 0 Å². The SMILES string of the molecule is COc1ccc2[nH]c(C)c(CC3CCCN3C(=O)C3CCCO3)c2c1. The van der Waals surface area contributed by atoms with Crippen LogP contribution in [0.3, 0.4) is 0 Å². The fourth-order valence-corrected chi connectivity index (χ4v) is 4.28. The lowest BCUT2D eigenvalue weighted by Gasteiger charge is -2.27. The van der Waals surface area contributed by atoms with Gasteiger partial charge in [0.1, 0.15) is 11.9 Å². The van der Waals surface area contributed by atoms with Crippen LogP contribution >= 0.6 is 0 Å². The molecule has 2 atom stereocenters. The van der Waals surface area contributed by atoms with Gasteiger partial charge < -0.3 is 19.4 Å². The Bertz CT molecular complexity index is 777. The molecular formula is C20H26N2O3. The minimum atomic E-state index is -0.218.